The summed E-state index contributed by atoms with van der Waals surface area (Å²) in [5, 5.41) is 0.589. The fourth-order valence-corrected chi connectivity index (χ4v) is 5.53. The molecule has 0 radical (unpaired) electrons. The number of nitrogens with zero attached hydrogens (tertiary/aromatic N) is 3. The van der Waals surface area contributed by atoms with E-state index in [1.54, 1.807) is 30.8 Å². The molecule has 1 unspecified atom stereocenters. The number of aromatic nitrogens is 1. The number of rotatable bonds is 2. The van der Waals surface area contributed by atoms with Crippen molar-refractivity contribution in [2.75, 3.05) is 12.8 Å². The molecule has 122 valence electrons. The number of guanidine groups is 1. The molecule has 0 aliphatic carbocycles. The summed E-state index contributed by atoms with van der Waals surface area (Å²) in [7, 11) is -0.820. The van der Waals surface area contributed by atoms with Gasteiger partial charge in [0.25, 0.3) is 0 Å². The van der Waals surface area contributed by atoms with E-state index >= 15 is 0 Å². The Labute approximate surface area is 145 Å². The van der Waals surface area contributed by atoms with Gasteiger partial charge in [-0.05, 0) is 31.0 Å². The second-order valence-electron chi connectivity index (χ2n) is 5.71. The van der Waals surface area contributed by atoms with Crippen molar-refractivity contribution in [3.8, 4) is 10.4 Å². The zero-order chi connectivity index (χ0) is 16.8. The molecule has 8 heteroatoms. The van der Waals surface area contributed by atoms with Crippen molar-refractivity contribution >= 4 is 44.5 Å². The fraction of sp³-hybridized carbons (Fsp3) is 0.267. The van der Waals surface area contributed by atoms with Gasteiger partial charge in [-0.3, -0.25) is 9.29 Å². The van der Waals surface area contributed by atoms with Crippen molar-refractivity contribution in [3.05, 3.63) is 40.5 Å². The first kappa shape index (κ1) is 16.3. The molecule has 23 heavy (non-hydrogen) atoms. The molecule has 1 aliphatic rings. The van der Waals surface area contributed by atoms with Crippen molar-refractivity contribution in [2.45, 2.75) is 12.5 Å². The van der Waals surface area contributed by atoms with Crippen LogP contribution in [0.25, 0.3) is 10.4 Å². The Morgan fingerprint density at radius 2 is 2.22 bits per heavy atom. The molecule has 0 fully saturated rings. The Bertz CT molecular complexity index is 890. The van der Waals surface area contributed by atoms with Gasteiger partial charge in [0.2, 0.25) is 5.96 Å². The van der Waals surface area contributed by atoms with Crippen LogP contribution in [0.15, 0.2) is 35.6 Å². The summed E-state index contributed by atoms with van der Waals surface area (Å²) in [5.41, 5.74) is 6.23. The van der Waals surface area contributed by atoms with Crippen LogP contribution < -0.4 is 5.73 Å². The van der Waals surface area contributed by atoms with E-state index in [9.17, 15) is 4.21 Å². The quantitative estimate of drug-likeness (QED) is 0.828. The van der Waals surface area contributed by atoms with Crippen molar-refractivity contribution in [3.63, 3.8) is 0 Å². The predicted octanol–water partition coefficient (Wildman–Crippen LogP) is 2.57. The summed E-state index contributed by atoms with van der Waals surface area (Å²) in [6.07, 6.45) is 3.36. The van der Waals surface area contributed by atoms with Gasteiger partial charge in [-0.2, -0.15) is 0 Å². The number of thiophene rings is 1. The summed E-state index contributed by atoms with van der Waals surface area (Å²) >= 11 is 7.57. The molecule has 3 heterocycles. The molecule has 1 aliphatic heterocycles. The lowest BCUT2D eigenvalue weighted by molar-refractivity contribution is 0.522. The minimum Gasteiger partial charge on any atom is -0.369 e. The first-order valence-corrected chi connectivity index (χ1v) is 9.91. The number of pyridine rings is 1. The van der Waals surface area contributed by atoms with Gasteiger partial charge in [-0.1, -0.05) is 11.6 Å². The maximum Gasteiger partial charge on any atom is 0.203 e. The maximum atomic E-state index is 12.7. The standard InChI is InChI=1S/C15H17ClN4OS2/c1-15(9-23(3,21)20(2)14(17)19-15)13-5-4-12(22-13)10-6-11(16)8-18-7-10/h4-8H,3,9H2,1-2H3,(H2,17,19)/t15-,23?/m0/s1. The van der Waals surface area contributed by atoms with E-state index in [4.69, 9.17) is 17.3 Å². The molecule has 0 bridgehead atoms. The molecular formula is C15H17ClN4OS2. The number of nitrogens with two attached hydrogens (primary N) is 1. The van der Waals surface area contributed by atoms with Gasteiger partial charge in [-0.15, -0.1) is 11.3 Å². The molecular weight excluding hydrogens is 352 g/mol. The van der Waals surface area contributed by atoms with Gasteiger partial charge < -0.3 is 5.73 Å². The largest absolute Gasteiger partial charge is 0.369 e. The molecule has 0 spiro atoms. The average Bonchev–Trinajstić information content (AvgIpc) is 2.95. The van der Waals surface area contributed by atoms with Crippen LogP contribution in [0, 0.1) is 0 Å². The van der Waals surface area contributed by atoms with Gasteiger partial charge in [0, 0.05) is 34.8 Å². The topological polar surface area (TPSA) is 71.6 Å². The van der Waals surface area contributed by atoms with Crippen molar-refractivity contribution < 1.29 is 4.21 Å². The lowest BCUT2D eigenvalue weighted by atomic mass is 10.0. The Morgan fingerprint density at radius 1 is 1.48 bits per heavy atom. The Morgan fingerprint density at radius 3 is 2.87 bits per heavy atom. The number of halogens is 1. The van der Waals surface area contributed by atoms with Crippen LogP contribution in [-0.2, 0) is 15.2 Å². The number of aliphatic imine (C=N–C) groups is 1. The van der Waals surface area contributed by atoms with E-state index in [-0.39, 0.29) is 5.96 Å². The van der Waals surface area contributed by atoms with Crippen LogP contribution in [0.4, 0.5) is 0 Å². The third-order valence-electron chi connectivity index (χ3n) is 3.82. The molecule has 3 rings (SSSR count). The summed E-state index contributed by atoms with van der Waals surface area (Å²) in [5.74, 6) is 4.40. The van der Waals surface area contributed by atoms with Crippen LogP contribution in [0.5, 0.6) is 0 Å². The first-order valence-electron chi connectivity index (χ1n) is 6.87. The Balaban J connectivity index is 2.03. The second kappa shape index (κ2) is 5.51. The van der Waals surface area contributed by atoms with Crippen molar-refractivity contribution in [2.24, 2.45) is 10.7 Å². The summed E-state index contributed by atoms with van der Waals surface area (Å²) in [6.45, 7) is 1.93. The molecule has 2 N–H and O–H groups in total. The van der Waals surface area contributed by atoms with Gasteiger partial charge in [0.1, 0.15) is 5.54 Å². The monoisotopic (exact) mass is 368 g/mol. The lowest BCUT2D eigenvalue weighted by Gasteiger charge is -2.36. The van der Waals surface area contributed by atoms with E-state index in [0.717, 1.165) is 15.3 Å². The Hall–Kier alpha value is -1.57. The van der Waals surface area contributed by atoms with E-state index in [2.05, 4.69) is 15.8 Å². The second-order valence-corrected chi connectivity index (χ2v) is 9.62. The highest BCUT2D eigenvalue weighted by Gasteiger charge is 2.38. The highest BCUT2D eigenvalue weighted by molar-refractivity contribution is 7.98. The van der Waals surface area contributed by atoms with Crippen LogP contribution in [-0.4, -0.2) is 38.1 Å². The average molecular weight is 369 g/mol. The van der Waals surface area contributed by atoms with E-state index in [1.807, 2.05) is 25.1 Å². The van der Waals surface area contributed by atoms with Crippen LogP contribution in [0.2, 0.25) is 5.02 Å². The van der Waals surface area contributed by atoms with Crippen LogP contribution in [0.1, 0.15) is 11.8 Å². The molecule has 2 aromatic rings. The smallest absolute Gasteiger partial charge is 0.203 e. The normalized spacial score (nSPS) is 27.8. The zero-order valence-corrected chi connectivity index (χ0v) is 15.2. The van der Waals surface area contributed by atoms with Gasteiger partial charge in [0.15, 0.2) is 0 Å². The van der Waals surface area contributed by atoms with Gasteiger partial charge in [-0.25, -0.2) is 9.20 Å². The highest BCUT2D eigenvalue weighted by atomic mass is 35.5. The first-order chi connectivity index (χ1) is 10.7. The van der Waals surface area contributed by atoms with Crippen LogP contribution in [0.3, 0.4) is 0 Å². The minimum absolute atomic E-state index is 0.248. The lowest BCUT2D eigenvalue weighted by Crippen LogP contribution is -2.50. The Kier molecular flexibility index (Phi) is 3.90. The maximum absolute atomic E-state index is 12.7. The van der Waals surface area contributed by atoms with Crippen molar-refractivity contribution in [1.82, 2.24) is 9.29 Å². The summed E-state index contributed by atoms with van der Waals surface area (Å²) < 4.78 is 14.2. The predicted molar refractivity (Wildman–Crippen MR) is 99.4 cm³/mol. The molecule has 2 aromatic heterocycles. The van der Waals surface area contributed by atoms with E-state index < -0.39 is 15.2 Å². The van der Waals surface area contributed by atoms with E-state index in [1.165, 1.54) is 4.31 Å². The number of hydrogen-bond donors (Lipinski definition) is 1. The summed E-state index contributed by atoms with van der Waals surface area (Å²) in [6, 6.07) is 5.84. The number of hydrogen-bond acceptors (Lipinski definition) is 5. The van der Waals surface area contributed by atoms with Crippen molar-refractivity contribution in [1.29, 1.82) is 0 Å². The highest BCUT2D eigenvalue weighted by Crippen LogP contribution is 2.39. The third-order valence-corrected chi connectivity index (χ3v) is 7.61. The summed E-state index contributed by atoms with van der Waals surface area (Å²) in [4.78, 5) is 10.7. The molecule has 0 aromatic carbocycles. The zero-order valence-electron chi connectivity index (χ0n) is 12.8. The van der Waals surface area contributed by atoms with E-state index in [0.29, 0.717) is 10.8 Å². The van der Waals surface area contributed by atoms with Gasteiger partial charge >= 0.3 is 0 Å². The third kappa shape index (κ3) is 2.96. The molecule has 0 amide bonds. The molecule has 2 atom stereocenters. The SMILES string of the molecule is C=S1(=O)C[C@@](C)(c2ccc(-c3cncc(Cl)c3)s2)N=C(N)N1C. The fourth-order valence-electron chi connectivity index (χ4n) is 2.52. The minimum atomic E-state index is -2.48. The molecule has 0 saturated heterocycles. The molecule has 5 nitrogen and oxygen atoms in total. The molecule has 0 saturated carbocycles. The van der Waals surface area contributed by atoms with Crippen LogP contribution >= 0.6 is 22.9 Å². The van der Waals surface area contributed by atoms with Gasteiger partial charge in [0.05, 0.1) is 20.5 Å².